The van der Waals surface area contributed by atoms with Crippen LogP contribution in [-0.4, -0.2) is 19.4 Å². The molecule has 0 aromatic heterocycles. The lowest BCUT2D eigenvalue weighted by Crippen LogP contribution is -2.17. The number of methoxy groups -OCH3 is 1. The summed E-state index contributed by atoms with van der Waals surface area (Å²) in [6, 6.07) is 0. The average Bonchev–Trinajstić information content (AvgIpc) is 2.22. The predicted molar refractivity (Wildman–Crippen MR) is 54.9 cm³/mol. The summed E-state index contributed by atoms with van der Waals surface area (Å²) >= 11 is 0. The van der Waals surface area contributed by atoms with Gasteiger partial charge in [-0.1, -0.05) is 39.0 Å². The zero-order valence-electron chi connectivity index (χ0n) is 9.12. The highest BCUT2D eigenvalue weighted by Crippen LogP contribution is 2.11. The van der Waals surface area contributed by atoms with E-state index in [9.17, 15) is 9.59 Å². The minimum atomic E-state index is -0.554. The summed E-state index contributed by atoms with van der Waals surface area (Å²) in [5.41, 5.74) is 0. The minimum absolute atomic E-state index is 0.407. The van der Waals surface area contributed by atoms with Crippen LogP contribution in [-0.2, 0) is 14.3 Å². The van der Waals surface area contributed by atoms with Crippen LogP contribution in [0.5, 0.6) is 0 Å². The number of carbonyl (C=O) groups is 2. The number of ether oxygens (including phenoxy) is 1. The van der Waals surface area contributed by atoms with Gasteiger partial charge in [-0.05, 0) is 6.42 Å². The number of unbranched alkanes of at least 4 members (excludes halogenated alkanes) is 4. The van der Waals surface area contributed by atoms with Gasteiger partial charge in [-0.15, -0.1) is 0 Å². The summed E-state index contributed by atoms with van der Waals surface area (Å²) < 4.78 is 4.51. The molecule has 1 atom stereocenters. The lowest BCUT2D eigenvalue weighted by atomic mass is 10.0. The molecule has 0 saturated heterocycles. The van der Waals surface area contributed by atoms with Gasteiger partial charge in [0, 0.05) is 0 Å². The van der Waals surface area contributed by atoms with Crippen LogP contribution in [0.4, 0.5) is 0 Å². The Kier molecular flexibility index (Phi) is 8.19. The van der Waals surface area contributed by atoms with E-state index in [1.807, 2.05) is 0 Å². The fourth-order valence-electron chi connectivity index (χ4n) is 1.36. The molecule has 0 aliphatic carbocycles. The maximum atomic E-state index is 11.0. The first kappa shape index (κ1) is 13.1. The molecular weight excluding hydrogens is 180 g/mol. The maximum absolute atomic E-state index is 11.0. The van der Waals surface area contributed by atoms with Gasteiger partial charge in [-0.3, -0.25) is 4.79 Å². The predicted octanol–water partition coefficient (Wildman–Crippen LogP) is 2.33. The van der Waals surface area contributed by atoms with Crippen molar-refractivity contribution in [3.63, 3.8) is 0 Å². The molecule has 0 aromatic carbocycles. The zero-order valence-corrected chi connectivity index (χ0v) is 9.12. The lowest BCUT2D eigenvalue weighted by molar-refractivity contribution is -0.147. The summed E-state index contributed by atoms with van der Waals surface area (Å²) in [4.78, 5) is 21.5. The van der Waals surface area contributed by atoms with Crippen molar-refractivity contribution in [3.05, 3.63) is 0 Å². The maximum Gasteiger partial charge on any atom is 0.315 e. The highest BCUT2D eigenvalue weighted by atomic mass is 16.5. The van der Waals surface area contributed by atoms with Crippen LogP contribution in [0.15, 0.2) is 0 Å². The van der Waals surface area contributed by atoms with E-state index in [-0.39, 0.29) is 0 Å². The van der Waals surface area contributed by atoms with E-state index in [4.69, 9.17) is 0 Å². The number of esters is 1. The SMILES string of the molecule is CCCCCCCC(C=O)C(=O)OC. The topological polar surface area (TPSA) is 43.4 Å². The number of hydrogen-bond acceptors (Lipinski definition) is 3. The van der Waals surface area contributed by atoms with Crippen LogP contribution in [0.25, 0.3) is 0 Å². The van der Waals surface area contributed by atoms with E-state index in [0.717, 1.165) is 12.8 Å². The Labute approximate surface area is 85.8 Å². The molecular formula is C11H20O3. The third kappa shape index (κ3) is 5.73. The molecule has 0 aromatic rings. The van der Waals surface area contributed by atoms with Gasteiger partial charge in [0.1, 0.15) is 12.2 Å². The molecule has 0 heterocycles. The Morgan fingerprint density at radius 2 is 1.93 bits per heavy atom. The van der Waals surface area contributed by atoms with Gasteiger partial charge in [-0.25, -0.2) is 0 Å². The van der Waals surface area contributed by atoms with E-state index in [2.05, 4.69) is 11.7 Å². The molecule has 82 valence electrons. The standard InChI is InChI=1S/C11H20O3/c1-3-4-5-6-7-8-10(9-12)11(13)14-2/h9-10H,3-8H2,1-2H3. The van der Waals surface area contributed by atoms with Gasteiger partial charge in [0.05, 0.1) is 7.11 Å². The molecule has 0 aliphatic heterocycles. The quantitative estimate of drug-likeness (QED) is 0.261. The molecule has 0 amide bonds. The Balaban J connectivity index is 3.53. The highest BCUT2D eigenvalue weighted by Gasteiger charge is 2.16. The molecule has 0 spiro atoms. The molecule has 0 bridgehead atoms. The Bertz CT molecular complexity index is 166. The van der Waals surface area contributed by atoms with Gasteiger partial charge in [0.25, 0.3) is 0 Å². The summed E-state index contributed by atoms with van der Waals surface area (Å²) in [5, 5.41) is 0. The summed E-state index contributed by atoms with van der Waals surface area (Å²) in [5.74, 6) is -0.961. The number of aldehydes is 1. The highest BCUT2D eigenvalue weighted by molar-refractivity contribution is 5.87. The number of rotatable bonds is 8. The van der Waals surface area contributed by atoms with Crippen LogP contribution >= 0.6 is 0 Å². The fraction of sp³-hybridized carbons (Fsp3) is 0.818. The van der Waals surface area contributed by atoms with E-state index in [0.29, 0.717) is 12.7 Å². The van der Waals surface area contributed by atoms with Crippen molar-refractivity contribution in [2.75, 3.05) is 7.11 Å². The normalized spacial score (nSPS) is 12.1. The zero-order chi connectivity index (χ0) is 10.8. The van der Waals surface area contributed by atoms with Crippen LogP contribution in [0.3, 0.4) is 0 Å². The second-order valence-corrected chi connectivity index (χ2v) is 3.47. The van der Waals surface area contributed by atoms with E-state index >= 15 is 0 Å². The average molecular weight is 200 g/mol. The van der Waals surface area contributed by atoms with E-state index < -0.39 is 11.9 Å². The van der Waals surface area contributed by atoms with Crippen molar-refractivity contribution in [2.24, 2.45) is 5.92 Å². The van der Waals surface area contributed by atoms with Crippen molar-refractivity contribution in [1.82, 2.24) is 0 Å². The first-order valence-electron chi connectivity index (χ1n) is 5.29. The summed E-state index contributed by atoms with van der Waals surface area (Å²) in [7, 11) is 1.32. The second kappa shape index (κ2) is 8.73. The molecule has 0 fully saturated rings. The smallest absolute Gasteiger partial charge is 0.315 e. The molecule has 0 N–H and O–H groups in total. The molecule has 0 rings (SSSR count). The summed E-state index contributed by atoms with van der Waals surface area (Å²) in [6.45, 7) is 2.16. The molecule has 0 radical (unpaired) electrons. The lowest BCUT2D eigenvalue weighted by Gasteiger charge is -2.06. The third-order valence-corrected chi connectivity index (χ3v) is 2.29. The van der Waals surface area contributed by atoms with Crippen LogP contribution in [0.2, 0.25) is 0 Å². The van der Waals surface area contributed by atoms with Crippen LogP contribution in [0, 0.1) is 5.92 Å². The third-order valence-electron chi connectivity index (χ3n) is 2.29. The summed E-state index contributed by atoms with van der Waals surface area (Å²) in [6.07, 6.45) is 6.95. The fourth-order valence-corrected chi connectivity index (χ4v) is 1.36. The van der Waals surface area contributed by atoms with Gasteiger partial charge in [0.2, 0.25) is 0 Å². The van der Waals surface area contributed by atoms with Gasteiger partial charge in [-0.2, -0.15) is 0 Å². The van der Waals surface area contributed by atoms with Crippen LogP contribution < -0.4 is 0 Å². The molecule has 1 unspecified atom stereocenters. The largest absolute Gasteiger partial charge is 0.468 e. The van der Waals surface area contributed by atoms with E-state index in [1.165, 1.54) is 26.4 Å². The van der Waals surface area contributed by atoms with E-state index in [1.54, 1.807) is 0 Å². The van der Waals surface area contributed by atoms with Gasteiger partial charge in [0.15, 0.2) is 0 Å². The van der Waals surface area contributed by atoms with Crippen LogP contribution in [0.1, 0.15) is 45.4 Å². The first-order chi connectivity index (χ1) is 6.76. The minimum Gasteiger partial charge on any atom is -0.468 e. The Hall–Kier alpha value is -0.860. The first-order valence-corrected chi connectivity index (χ1v) is 5.29. The van der Waals surface area contributed by atoms with Crippen molar-refractivity contribution >= 4 is 12.3 Å². The number of carbonyl (C=O) groups excluding carboxylic acids is 2. The monoisotopic (exact) mass is 200 g/mol. The van der Waals surface area contributed by atoms with Crippen molar-refractivity contribution in [1.29, 1.82) is 0 Å². The van der Waals surface area contributed by atoms with Crippen molar-refractivity contribution < 1.29 is 14.3 Å². The molecule has 3 nitrogen and oxygen atoms in total. The second-order valence-electron chi connectivity index (χ2n) is 3.47. The Morgan fingerprint density at radius 1 is 1.29 bits per heavy atom. The molecule has 14 heavy (non-hydrogen) atoms. The van der Waals surface area contributed by atoms with Gasteiger partial charge < -0.3 is 9.53 Å². The van der Waals surface area contributed by atoms with Gasteiger partial charge >= 0.3 is 5.97 Å². The molecule has 0 saturated carbocycles. The van der Waals surface area contributed by atoms with Crippen molar-refractivity contribution in [3.8, 4) is 0 Å². The Morgan fingerprint density at radius 3 is 2.43 bits per heavy atom. The van der Waals surface area contributed by atoms with Crippen molar-refractivity contribution in [2.45, 2.75) is 45.4 Å². The molecule has 3 heteroatoms. The number of hydrogen-bond donors (Lipinski definition) is 0. The molecule has 0 aliphatic rings.